The average Bonchev–Trinajstić information content (AvgIpc) is 2.73. The molecule has 1 rings (SSSR count). The lowest BCUT2D eigenvalue weighted by Crippen LogP contribution is -2.60. The zero-order chi connectivity index (χ0) is 27.2. The van der Waals surface area contributed by atoms with Crippen LogP contribution in [0.3, 0.4) is 0 Å². The molecule has 0 spiro atoms. The van der Waals surface area contributed by atoms with E-state index in [1.807, 2.05) is 0 Å². The highest BCUT2D eigenvalue weighted by Crippen LogP contribution is 2.13. The van der Waals surface area contributed by atoms with Crippen molar-refractivity contribution in [2.24, 2.45) is 29.6 Å². The summed E-state index contributed by atoms with van der Waals surface area (Å²) in [6.45, 7) is 17.9. The summed E-state index contributed by atoms with van der Waals surface area (Å²) in [6, 6.07) is -4.58. The minimum atomic E-state index is -0.915. The largest absolute Gasteiger partial charge is 0.342 e. The number of carbonyl (C=O) groups is 5. The summed E-state index contributed by atoms with van der Waals surface area (Å²) in [5, 5.41) is 13.8. The third-order valence-corrected chi connectivity index (χ3v) is 6.23. The quantitative estimate of drug-likeness (QED) is 0.381. The van der Waals surface area contributed by atoms with Crippen LogP contribution in [-0.2, 0) is 24.0 Å². The van der Waals surface area contributed by atoms with Gasteiger partial charge >= 0.3 is 0 Å². The summed E-state index contributed by atoms with van der Waals surface area (Å²) < 4.78 is 0. The van der Waals surface area contributed by atoms with Gasteiger partial charge in [-0.15, -0.1) is 0 Å². The van der Waals surface area contributed by atoms with E-state index in [1.54, 1.807) is 69.2 Å². The summed E-state index contributed by atoms with van der Waals surface area (Å²) >= 11 is 0. The normalized spacial score (nSPS) is 27.9. The molecular weight excluding hydrogens is 450 g/mol. The number of rotatable bonds is 5. The van der Waals surface area contributed by atoms with Crippen molar-refractivity contribution in [3.05, 3.63) is 0 Å². The molecule has 5 unspecified atom stereocenters. The third-order valence-electron chi connectivity index (χ3n) is 6.23. The Balaban J connectivity index is 3.57. The van der Waals surface area contributed by atoms with Crippen LogP contribution in [-0.4, -0.2) is 59.7 Å². The van der Waals surface area contributed by atoms with Crippen LogP contribution >= 0.6 is 0 Å². The van der Waals surface area contributed by atoms with Gasteiger partial charge in [-0.1, -0.05) is 69.2 Å². The van der Waals surface area contributed by atoms with Gasteiger partial charge in [0.25, 0.3) is 0 Å². The van der Waals surface area contributed by atoms with Crippen LogP contribution in [0, 0.1) is 29.6 Å². The molecule has 10 nitrogen and oxygen atoms in total. The van der Waals surface area contributed by atoms with Crippen molar-refractivity contribution < 1.29 is 24.0 Å². The summed E-state index contributed by atoms with van der Waals surface area (Å²) in [6.07, 6.45) is 0. The standard InChI is InChI=1S/C25H45N5O5/c1-11(2)16-21(31)27-18(13(5)6)23(33)29-20(15(9)10)25(35)30-19(14(7)8)24(34)28-17(12(3)4)22(32)26-16/h11-20H,1-10H3,(H,26,32)(H,27,31)(H,28,34)(H,29,33)(H,30,35). The second kappa shape index (κ2) is 12.9. The Labute approximate surface area is 209 Å². The van der Waals surface area contributed by atoms with E-state index in [0.717, 1.165) is 0 Å². The molecule has 5 atom stereocenters. The average molecular weight is 496 g/mol. The van der Waals surface area contributed by atoms with Crippen LogP contribution in [0.4, 0.5) is 0 Å². The molecule has 0 saturated carbocycles. The fourth-order valence-electron chi connectivity index (χ4n) is 3.89. The zero-order valence-electron chi connectivity index (χ0n) is 22.8. The maximum atomic E-state index is 13.2. The molecule has 1 aliphatic rings. The molecule has 35 heavy (non-hydrogen) atoms. The topological polar surface area (TPSA) is 146 Å². The second-order valence-electron chi connectivity index (χ2n) is 11.2. The Bertz CT molecular complexity index is 642. The van der Waals surface area contributed by atoms with Gasteiger partial charge in [-0.3, -0.25) is 24.0 Å². The van der Waals surface area contributed by atoms with Crippen LogP contribution in [0.2, 0.25) is 0 Å². The van der Waals surface area contributed by atoms with Gasteiger partial charge in [-0.25, -0.2) is 0 Å². The Morgan fingerprint density at radius 3 is 0.543 bits per heavy atom. The number of hydrogen-bond acceptors (Lipinski definition) is 5. The summed E-state index contributed by atoms with van der Waals surface area (Å²) in [5.41, 5.74) is 0. The van der Waals surface area contributed by atoms with Gasteiger partial charge in [-0.05, 0) is 29.6 Å². The molecule has 5 amide bonds. The second-order valence-corrected chi connectivity index (χ2v) is 11.2. The SMILES string of the molecule is CC(C)C1NC(=O)C(C(C)C)NC(=O)C(C(C)C)NC(=O)C(C(C)C)NC(=O)C(C(C)C)NC1=O. The van der Waals surface area contributed by atoms with Crippen molar-refractivity contribution in [2.45, 2.75) is 99.4 Å². The Hall–Kier alpha value is -2.65. The van der Waals surface area contributed by atoms with Crippen LogP contribution in [0.25, 0.3) is 0 Å². The molecule has 0 aliphatic carbocycles. The third kappa shape index (κ3) is 8.21. The highest BCUT2D eigenvalue weighted by Gasteiger charge is 2.37. The van der Waals surface area contributed by atoms with Crippen LogP contribution < -0.4 is 26.6 Å². The molecule has 10 heteroatoms. The number of carbonyl (C=O) groups excluding carboxylic acids is 5. The zero-order valence-corrected chi connectivity index (χ0v) is 22.8. The molecule has 1 saturated heterocycles. The molecule has 0 aromatic rings. The molecule has 0 radical (unpaired) electrons. The maximum Gasteiger partial charge on any atom is 0.243 e. The van der Waals surface area contributed by atoms with Crippen LogP contribution in [0.15, 0.2) is 0 Å². The van der Waals surface area contributed by atoms with Crippen LogP contribution in [0.5, 0.6) is 0 Å². The number of amides is 5. The first kappa shape index (κ1) is 30.4. The smallest absolute Gasteiger partial charge is 0.243 e. The van der Waals surface area contributed by atoms with Crippen molar-refractivity contribution in [3.63, 3.8) is 0 Å². The molecule has 5 N–H and O–H groups in total. The molecule has 0 aromatic heterocycles. The van der Waals surface area contributed by atoms with Crippen molar-refractivity contribution >= 4 is 29.5 Å². The highest BCUT2D eigenvalue weighted by molar-refractivity contribution is 5.98. The first-order valence-corrected chi connectivity index (χ1v) is 12.6. The van der Waals surface area contributed by atoms with E-state index in [1.165, 1.54) is 0 Å². The molecule has 200 valence electrons. The van der Waals surface area contributed by atoms with Gasteiger partial charge in [0.15, 0.2) is 0 Å². The lowest BCUT2D eigenvalue weighted by Gasteiger charge is -2.30. The monoisotopic (exact) mass is 495 g/mol. The maximum absolute atomic E-state index is 13.2. The predicted octanol–water partition coefficient (Wildman–Crippen LogP) is 0.704. The van der Waals surface area contributed by atoms with E-state index in [-0.39, 0.29) is 29.6 Å². The van der Waals surface area contributed by atoms with Crippen LogP contribution in [0.1, 0.15) is 69.2 Å². The lowest BCUT2D eigenvalue weighted by atomic mass is 9.97. The van der Waals surface area contributed by atoms with E-state index in [9.17, 15) is 24.0 Å². The van der Waals surface area contributed by atoms with E-state index >= 15 is 0 Å². The van der Waals surface area contributed by atoms with Gasteiger partial charge < -0.3 is 26.6 Å². The fraction of sp³-hybridized carbons (Fsp3) is 0.800. The molecule has 1 fully saturated rings. The minimum absolute atomic E-state index is 0.274. The van der Waals surface area contributed by atoms with Crippen molar-refractivity contribution in [2.75, 3.05) is 0 Å². The number of nitrogens with one attached hydrogen (secondary N) is 5. The first-order chi connectivity index (χ1) is 16.1. The highest BCUT2D eigenvalue weighted by atomic mass is 16.2. The van der Waals surface area contributed by atoms with E-state index < -0.39 is 59.7 Å². The van der Waals surface area contributed by atoms with E-state index in [0.29, 0.717) is 0 Å². The molecular formula is C25H45N5O5. The summed E-state index contributed by atoms with van der Waals surface area (Å²) in [4.78, 5) is 65.9. The Morgan fingerprint density at radius 1 is 0.343 bits per heavy atom. The fourth-order valence-corrected chi connectivity index (χ4v) is 3.89. The molecule has 1 aliphatic heterocycles. The molecule has 1 heterocycles. The van der Waals surface area contributed by atoms with Gasteiger partial charge in [0, 0.05) is 0 Å². The Kier molecular flexibility index (Phi) is 11.2. The molecule has 0 aromatic carbocycles. The minimum Gasteiger partial charge on any atom is -0.342 e. The van der Waals surface area contributed by atoms with Gasteiger partial charge in [0.05, 0.1) is 0 Å². The number of hydrogen-bond donors (Lipinski definition) is 5. The van der Waals surface area contributed by atoms with Gasteiger partial charge in [0.2, 0.25) is 29.5 Å². The Morgan fingerprint density at radius 2 is 0.457 bits per heavy atom. The molecule has 0 bridgehead atoms. The van der Waals surface area contributed by atoms with Crippen molar-refractivity contribution in [3.8, 4) is 0 Å². The van der Waals surface area contributed by atoms with Gasteiger partial charge in [-0.2, -0.15) is 0 Å². The van der Waals surface area contributed by atoms with E-state index in [2.05, 4.69) is 26.6 Å². The summed E-state index contributed by atoms with van der Waals surface area (Å²) in [5.74, 6) is -3.89. The van der Waals surface area contributed by atoms with Gasteiger partial charge in [0.1, 0.15) is 30.2 Å². The summed E-state index contributed by atoms with van der Waals surface area (Å²) in [7, 11) is 0. The lowest BCUT2D eigenvalue weighted by molar-refractivity contribution is -0.135. The predicted molar refractivity (Wildman–Crippen MR) is 134 cm³/mol. The van der Waals surface area contributed by atoms with Crippen molar-refractivity contribution in [1.82, 2.24) is 26.6 Å². The van der Waals surface area contributed by atoms with Crippen molar-refractivity contribution in [1.29, 1.82) is 0 Å². The first-order valence-electron chi connectivity index (χ1n) is 12.6. The van der Waals surface area contributed by atoms with E-state index in [4.69, 9.17) is 0 Å².